The molecule has 0 aliphatic carbocycles. The maximum absolute atomic E-state index is 5.59. The standard InChI is InChI=1S/C21H26N6OS.HI/c1-15-25-26-20(27(15)2)14-24-21(23-13-18-4-3-11-29-18)22-9-7-16-5-6-19-17(12-16)8-10-28-19;/h3-6,11-12H,7-10,13-14H2,1-2H3,(H2,22,23,24);1H. The van der Waals surface area contributed by atoms with Crippen molar-refractivity contribution in [1.82, 2.24) is 25.4 Å². The molecule has 160 valence electrons. The van der Waals surface area contributed by atoms with Crippen molar-refractivity contribution in [2.24, 2.45) is 12.0 Å². The number of rotatable bonds is 7. The van der Waals surface area contributed by atoms with Gasteiger partial charge in [-0.15, -0.1) is 45.5 Å². The molecule has 2 N–H and O–H groups in total. The first kappa shape index (κ1) is 22.5. The summed E-state index contributed by atoms with van der Waals surface area (Å²) in [5.74, 6) is 3.54. The van der Waals surface area contributed by atoms with Crippen LogP contribution in [0.5, 0.6) is 5.75 Å². The second-order valence-electron chi connectivity index (χ2n) is 7.04. The highest BCUT2D eigenvalue weighted by atomic mass is 127. The predicted octanol–water partition coefficient (Wildman–Crippen LogP) is 3.22. The molecule has 1 aliphatic heterocycles. The lowest BCUT2D eigenvalue weighted by Crippen LogP contribution is -2.38. The highest BCUT2D eigenvalue weighted by molar-refractivity contribution is 14.0. The lowest BCUT2D eigenvalue weighted by atomic mass is 10.1. The summed E-state index contributed by atoms with van der Waals surface area (Å²) in [4.78, 5) is 5.98. The van der Waals surface area contributed by atoms with Crippen molar-refractivity contribution in [3.05, 3.63) is 63.4 Å². The average Bonchev–Trinajstić information content (AvgIpc) is 3.47. The number of nitrogens with zero attached hydrogens (tertiary/aromatic N) is 4. The van der Waals surface area contributed by atoms with Gasteiger partial charge in [-0.3, -0.25) is 0 Å². The smallest absolute Gasteiger partial charge is 0.192 e. The molecule has 0 atom stereocenters. The molecule has 1 aliphatic rings. The van der Waals surface area contributed by atoms with Crippen LogP contribution >= 0.6 is 35.3 Å². The van der Waals surface area contributed by atoms with Gasteiger partial charge in [-0.05, 0) is 42.0 Å². The van der Waals surface area contributed by atoms with Gasteiger partial charge in [0.15, 0.2) is 11.8 Å². The third-order valence-electron chi connectivity index (χ3n) is 5.03. The lowest BCUT2D eigenvalue weighted by Gasteiger charge is -2.12. The molecular formula is C21H27IN6OS. The fraction of sp³-hybridized carbons (Fsp3) is 0.381. The summed E-state index contributed by atoms with van der Waals surface area (Å²) < 4.78 is 7.56. The molecule has 0 saturated carbocycles. The van der Waals surface area contributed by atoms with Gasteiger partial charge in [0.05, 0.1) is 13.2 Å². The van der Waals surface area contributed by atoms with Gasteiger partial charge >= 0.3 is 0 Å². The zero-order valence-electron chi connectivity index (χ0n) is 17.2. The molecule has 0 amide bonds. The molecule has 1 aromatic carbocycles. The molecule has 9 heteroatoms. The molecule has 3 aromatic rings. The molecular weight excluding hydrogens is 511 g/mol. The Kier molecular flexibility index (Phi) is 8.08. The van der Waals surface area contributed by atoms with Gasteiger partial charge in [0, 0.05) is 24.9 Å². The van der Waals surface area contributed by atoms with Gasteiger partial charge in [-0.1, -0.05) is 18.2 Å². The molecule has 0 radical (unpaired) electrons. The van der Waals surface area contributed by atoms with Crippen LogP contribution in [0.1, 0.15) is 27.7 Å². The second kappa shape index (κ2) is 10.8. The third-order valence-corrected chi connectivity index (χ3v) is 5.91. The summed E-state index contributed by atoms with van der Waals surface area (Å²) in [6.45, 7) is 4.76. The van der Waals surface area contributed by atoms with Crippen molar-refractivity contribution in [2.45, 2.75) is 32.9 Å². The summed E-state index contributed by atoms with van der Waals surface area (Å²) in [6, 6.07) is 10.7. The Hall–Kier alpha value is -2.14. The maximum Gasteiger partial charge on any atom is 0.192 e. The van der Waals surface area contributed by atoms with Gasteiger partial charge in [0.2, 0.25) is 0 Å². The van der Waals surface area contributed by atoms with Crippen LogP contribution in [-0.2, 0) is 33.0 Å². The third kappa shape index (κ3) is 5.72. The Morgan fingerprint density at radius 2 is 2.17 bits per heavy atom. The zero-order valence-corrected chi connectivity index (χ0v) is 20.4. The number of guanidine groups is 1. The summed E-state index contributed by atoms with van der Waals surface area (Å²) in [5.41, 5.74) is 2.62. The van der Waals surface area contributed by atoms with E-state index in [0.717, 1.165) is 55.9 Å². The van der Waals surface area contributed by atoms with Crippen LogP contribution < -0.4 is 15.4 Å². The maximum atomic E-state index is 5.59. The summed E-state index contributed by atoms with van der Waals surface area (Å²) >= 11 is 1.73. The SMILES string of the molecule is Cc1nnc(CN=C(NCCc2ccc3c(c2)CCO3)NCc2cccs2)n1C.I. The van der Waals surface area contributed by atoms with Crippen molar-refractivity contribution >= 4 is 41.3 Å². The topological polar surface area (TPSA) is 76.4 Å². The minimum Gasteiger partial charge on any atom is -0.493 e. The van der Waals surface area contributed by atoms with Gasteiger partial charge in [-0.25, -0.2) is 4.99 Å². The number of aromatic nitrogens is 3. The number of benzene rings is 1. The number of ether oxygens (including phenoxy) is 1. The molecule has 2 aromatic heterocycles. The van der Waals surface area contributed by atoms with E-state index in [1.807, 2.05) is 18.5 Å². The number of nitrogens with one attached hydrogen (secondary N) is 2. The number of halogens is 1. The van der Waals surface area contributed by atoms with Gasteiger partial charge in [0.25, 0.3) is 0 Å². The number of hydrogen-bond acceptors (Lipinski definition) is 5. The van der Waals surface area contributed by atoms with E-state index in [4.69, 9.17) is 9.73 Å². The molecule has 0 unspecified atom stereocenters. The van der Waals surface area contributed by atoms with E-state index in [1.165, 1.54) is 16.0 Å². The summed E-state index contributed by atoms with van der Waals surface area (Å²) in [7, 11) is 1.96. The Balaban J connectivity index is 0.00000256. The Labute approximate surface area is 198 Å². The number of thiophene rings is 1. The monoisotopic (exact) mass is 538 g/mol. The molecule has 0 bridgehead atoms. The first-order valence-electron chi connectivity index (χ1n) is 9.83. The van der Waals surface area contributed by atoms with E-state index in [2.05, 4.69) is 56.5 Å². The van der Waals surface area contributed by atoms with Crippen LogP contribution in [0, 0.1) is 6.92 Å². The van der Waals surface area contributed by atoms with Crippen LogP contribution in [0.3, 0.4) is 0 Å². The van der Waals surface area contributed by atoms with Crippen LogP contribution in [0.2, 0.25) is 0 Å². The number of hydrogen-bond donors (Lipinski definition) is 2. The minimum atomic E-state index is 0. The van der Waals surface area contributed by atoms with E-state index < -0.39 is 0 Å². The molecule has 0 spiro atoms. The minimum absolute atomic E-state index is 0. The molecule has 0 fully saturated rings. The van der Waals surface area contributed by atoms with Crippen LogP contribution in [-0.4, -0.2) is 33.9 Å². The largest absolute Gasteiger partial charge is 0.493 e. The molecule has 3 heterocycles. The average molecular weight is 538 g/mol. The van der Waals surface area contributed by atoms with E-state index >= 15 is 0 Å². The Morgan fingerprint density at radius 1 is 1.27 bits per heavy atom. The Morgan fingerprint density at radius 3 is 2.93 bits per heavy atom. The molecule has 30 heavy (non-hydrogen) atoms. The van der Waals surface area contributed by atoms with Gasteiger partial charge in [0.1, 0.15) is 18.1 Å². The molecule has 0 saturated heterocycles. The first-order valence-corrected chi connectivity index (χ1v) is 10.7. The van der Waals surface area contributed by atoms with E-state index in [0.29, 0.717) is 6.54 Å². The van der Waals surface area contributed by atoms with Crippen molar-refractivity contribution in [3.63, 3.8) is 0 Å². The molecule has 7 nitrogen and oxygen atoms in total. The highest BCUT2D eigenvalue weighted by Crippen LogP contribution is 2.25. The quantitative estimate of drug-likeness (QED) is 0.275. The predicted molar refractivity (Wildman–Crippen MR) is 131 cm³/mol. The number of aryl methyl sites for hydroxylation is 1. The summed E-state index contributed by atoms with van der Waals surface area (Å²) in [6.07, 6.45) is 1.93. The first-order chi connectivity index (χ1) is 14.2. The van der Waals surface area contributed by atoms with E-state index in [-0.39, 0.29) is 24.0 Å². The Bertz CT molecular complexity index is 986. The highest BCUT2D eigenvalue weighted by Gasteiger charge is 2.12. The van der Waals surface area contributed by atoms with Crippen molar-refractivity contribution in [3.8, 4) is 5.75 Å². The van der Waals surface area contributed by atoms with Crippen LogP contribution in [0.15, 0.2) is 40.7 Å². The van der Waals surface area contributed by atoms with Crippen molar-refractivity contribution in [1.29, 1.82) is 0 Å². The van der Waals surface area contributed by atoms with E-state index in [1.54, 1.807) is 11.3 Å². The lowest BCUT2D eigenvalue weighted by molar-refractivity contribution is 0.357. The second-order valence-corrected chi connectivity index (χ2v) is 8.07. The van der Waals surface area contributed by atoms with Crippen molar-refractivity contribution in [2.75, 3.05) is 13.2 Å². The fourth-order valence-electron chi connectivity index (χ4n) is 3.22. The van der Waals surface area contributed by atoms with Gasteiger partial charge < -0.3 is 19.9 Å². The number of aliphatic imine (C=N–C) groups is 1. The zero-order chi connectivity index (χ0) is 20.1. The van der Waals surface area contributed by atoms with Crippen LogP contribution in [0.4, 0.5) is 0 Å². The fourth-order valence-corrected chi connectivity index (χ4v) is 3.86. The number of fused-ring (bicyclic) bond motifs is 1. The summed E-state index contributed by atoms with van der Waals surface area (Å²) in [5, 5.41) is 17.3. The van der Waals surface area contributed by atoms with Crippen molar-refractivity contribution < 1.29 is 4.74 Å². The normalized spacial score (nSPS) is 12.8. The van der Waals surface area contributed by atoms with Crippen LogP contribution in [0.25, 0.3) is 0 Å². The van der Waals surface area contributed by atoms with Gasteiger partial charge in [-0.2, -0.15) is 0 Å². The molecule has 4 rings (SSSR count). The van der Waals surface area contributed by atoms with E-state index in [9.17, 15) is 0 Å².